The van der Waals surface area contributed by atoms with Crippen LogP contribution in [-0.2, 0) is 16.6 Å². The summed E-state index contributed by atoms with van der Waals surface area (Å²) in [7, 11) is 0. The van der Waals surface area contributed by atoms with Crippen molar-refractivity contribution in [3.8, 4) is 5.75 Å². The topological polar surface area (TPSA) is 31.4 Å². The number of aryl methyl sites for hydroxylation is 1. The molecule has 3 nitrogen and oxygen atoms in total. The first-order valence-corrected chi connectivity index (χ1v) is 11.9. The van der Waals surface area contributed by atoms with Gasteiger partial charge in [0.05, 0.1) is 22.5 Å². The van der Waals surface area contributed by atoms with Gasteiger partial charge in [0.15, 0.2) is 0 Å². The minimum Gasteiger partial charge on any atom is -0.406 e. The molecule has 1 unspecified atom stereocenters. The van der Waals surface area contributed by atoms with Crippen LogP contribution in [0.4, 0.5) is 17.6 Å². The van der Waals surface area contributed by atoms with Gasteiger partial charge in [-0.2, -0.15) is 0 Å². The van der Waals surface area contributed by atoms with Gasteiger partial charge in [-0.25, -0.2) is 4.39 Å². The van der Waals surface area contributed by atoms with Gasteiger partial charge in [-0.3, -0.25) is 4.98 Å². The molecular weight excluding hydrogens is 458 g/mol. The number of rotatable bonds is 7. The van der Waals surface area contributed by atoms with Gasteiger partial charge in [0.2, 0.25) is 0 Å². The van der Waals surface area contributed by atoms with Crippen LogP contribution in [0.5, 0.6) is 5.75 Å². The number of hydrogen-bond donors (Lipinski definition) is 0. The Labute approximate surface area is 196 Å². The lowest BCUT2D eigenvalue weighted by atomic mass is 9.67. The summed E-state index contributed by atoms with van der Waals surface area (Å²) >= 11 is 6.47. The van der Waals surface area contributed by atoms with Crippen LogP contribution >= 0.6 is 11.6 Å². The fraction of sp³-hybridized carbons (Fsp3) is 0.560. The van der Waals surface area contributed by atoms with Gasteiger partial charge in [-0.15, -0.1) is 13.2 Å². The number of aromatic nitrogens is 1. The molecule has 33 heavy (non-hydrogen) atoms. The van der Waals surface area contributed by atoms with Crippen molar-refractivity contribution in [3.05, 3.63) is 58.6 Å². The number of nitrogens with zero attached hydrogens (tertiary/aromatic N) is 1. The highest BCUT2D eigenvalue weighted by Gasteiger charge is 2.49. The van der Waals surface area contributed by atoms with E-state index in [4.69, 9.17) is 16.3 Å². The minimum atomic E-state index is -4.72. The summed E-state index contributed by atoms with van der Waals surface area (Å²) in [5.74, 6) is -0.623. The van der Waals surface area contributed by atoms with Crippen molar-refractivity contribution in [1.82, 2.24) is 4.98 Å². The summed E-state index contributed by atoms with van der Waals surface area (Å²) in [6.45, 7) is 0.595. The van der Waals surface area contributed by atoms with E-state index >= 15 is 0 Å². The van der Waals surface area contributed by atoms with Crippen LogP contribution in [0, 0.1) is 5.82 Å². The molecule has 1 saturated heterocycles. The number of ether oxygens (including phenoxy) is 2. The maximum atomic E-state index is 13.7. The standard InChI is InChI=1S/C25H28ClF4NO2/c26-20-15-19(27)16-31-22(20)23(13-14-32-24(17-23)11-5-6-12-24)10-4-3-8-18-7-1-2-9-21(18)33-25(28,29)30/h1-2,7,9,15-16H,3-6,8,10-14,17H2. The van der Waals surface area contributed by atoms with Crippen LogP contribution < -0.4 is 4.74 Å². The number of unbranched alkanes of at least 4 members (excludes halogenated alkanes) is 1. The molecule has 0 bridgehead atoms. The molecule has 4 rings (SSSR count). The lowest BCUT2D eigenvalue weighted by molar-refractivity contribution is -0.274. The summed E-state index contributed by atoms with van der Waals surface area (Å²) in [6.07, 6.45) is 4.94. The number of para-hydroxylation sites is 1. The maximum Gasteiger partial charge on any atom is 0.573 e. The molecule has 0 N–H and O–H groups in total. The van der Waals surface area contributed by atoms with Crippen LogP contribution in [0.3, 0.4) is 0 Å². The predicted molar refractivity (Wildman–Crippen MR) is 118 cm³/mol. The molecule has 2 fully saturated rings. The van der Waals surface area contributed by atoms with E-state index in [1.807, 2.05) is 0 Å². The van der Waals surface area contributed by atoms with Crippen LogP contribution in [0.1, 0.15) is 69.0 Å². The zero-order valence-electron chi connectivity index (χ0n) is 18.4. The van der Waals surface area contributed by atoms with Crippen molar-refractivity contribution in [2.75, 3.05) is 6.61 Å². The second-order valence-electron chi connectivity index (χ2n) is 9.29. The first-order chi connectivity index (χ1) is 15.7. The molecule has 0 radical (unpaired) electrons. The molecule has 1 saturated carbocycles. The Kier molecular flexibility index (Phi) is 7.20. The van der Waals surface area contributed by atoms with Gasteiger partial charge < -0.3 is 9.47 Å². The van der Waals surface area contributed by atoms with Crippen molar-refractivity contribution < 1.29 is 27.0 Å². The Morgan fingerprint density at radius 3 is 2.58 bits per heavy atom. The Bertz CT molecular complexity index is 962. The minimum absolute atomic E-state index is 0.154. The molecule has 1 aromatic heterocycles. The fourth-order valence-electron chi connectivity index (χ4n) is 5.61. The van der Waals surface area contributed by atoms with E-state index in [1.54, 1.807) is 12.1 Å². The smallest absolute Gasteiger partial charge is 0.406 e. The van der Waals surface area contributed by atoms with Gasteiger partial charge >= 0.3 is 6.36 Å². The third-order valence-electron chi connectivity index (χ3n) is 7.02. The number of hydrogen-bond acceptors (Lipinski definition) is 3. The molecule has 1 atom stereocenters. The Morgan fingerprint density at radius 1 is 1.09 bits per heavy atom. The molecule has 180 valence electrons. The molecule has 2 aromatic rings. The molecule has 1 aliphatic carbocycles. The number of pyridine rings is 1. The quantitative estimate of drug-likeness (QED) is 0.300. The summed E-state index contributed by atoms with van der Waals surface area (Å²) in [5, 5.41) is 0.328. The monoisotopic (exact) mass is 485 g/mol. The van der Waals surface area contributed by atoms with E-state index < -0.39 is 12.2 Å². The third kappa shape index (κ3) is 5.80. The molecule has 8 heteroatoms. The van der Waals surface area contributed by atoms with Gasteiger partial charge in [-0.1, -0.05) is 49.1 Å². The van der Waals surface area contributed by atoms with Gasteiger partial charge in [0.1, 0.15) is 11.6 Å². The number of halogens is 5. The first kappa shape index (κ1) is 24.3. The van der Waals surface area contributed by atoms with E-state index in [0.29, 0.717) is 35.7 Å². The lowest BCUT2D eigenvalue weighted by Crippen LogP contribution is -2.46. The second kappa shape index (κ2) is 9.79. The summed E-state index contributed by atoms with van der Waals surface area (Å²) in [5.41, 5.74) is 0.710. The van der Waals surface area contributed by atoms with Crippen molar-refractivity contribution in [2.24, 2.45) is 0 Å². The van der Waals surface area contributed by atoms with Gasteiger partial charge in [0, 0.05) is 12.0 Å². The highest BCUT2D eigenvalue weighted by Crippen LogP contribution is 2.51. The van der Waals surface area contributed by atoms with Crippen LogP contribution in [-0.4, -0.2) is 23.6 Å². The summed E-state index contributed by atoms with van der Waals surface area (Å²) < 4.78 is 62.3. The van der Waals surface area contributed by atoms with E-state index in [0.717, 1.165) is 51.4 Å². The Hall–Kier alpha value is -1.86. The second-order valence-corrected chi connectivity index (χ2v) is 9.70. The summed E-state index contributed by atoms with van der Waals surface area (Å²) in [6, 6.07) is 7.56. The summed E-state index contributed by atoms with van der Waals surface area (Å²) in [4.78, 5) is 4.41. The fourth-order valence-corrected chi connectivity index (χ4v) is 5.97. The van der Waals surface area contributed by atoms with Gasteiger partial charge in [-0.05, 0) is 62.6 Å². The molecular formula is C25H28ClF4NO2. The normalized spacial score (nSPS) is 22.6. The van der Waals surface area contributed by atoms with Crippen LogP contribution in [0.2, 0.25) is 5.02 Å². The molecule has 0 amide bonds. The SMILES string of the molecule is Fc1cnc(C2(CCCCc3ccccc3OC(F)(F)F)CCOC3(CCCC3)C2)c(Cl)c1. The van der Waals surface area contributed by atoms with Crippen molar-refractivity contribution in [1.29, 1.82) is 0 Å². The molecule has 1 spiro atoms. The Balaban J connectivity index is 1.49. The van der Waals surface area contributed by atoms with Gasteiger partial charge in [0.25, 0.3) is 0 Å². The highest BCUT2D eigenvalue weighted by molar-refractivity contribution is 6.31. The maximum absolute atomic E-state index is 13.7. The zero-order chi connectivity index (χ0) is 23.5. The Morgan fingerprint density at radius 2 is 1.85 bits per heavy atom. The lowest BCUT2D eigenvalue weighted by Gasteiger charge is -2.46. The van der Waals surface area contributed by atoms with Crippen LogP contribution in [0.25, 0.3) is 0 Å². The van der Waals surface area contributed by atoms with Crippen molar-refractivity contribution in [3.63, 3.8) is 0 Å². The molecule has 2 aliphatic rings. The third-order valence-corrected chi connectivity index (χ3v) is 7.31. The van der Waals surface area contributed by atoms with E-state index in [9.17, 15) is 17.6 Å². The first-order valence-electron chi connectivity index (χ1n) is 11.5. The molecule has 1 aromatic carbocycles. The van der Waals surface area contributed by atoms with Crippen LogP contribution in [0.15, 0.2) is 36.5 Å². The van der Waals surface area contributed by atoms with Crippen molar-refractivity contribution >= 4 is 11.6 Å². The highest BCUT2D eigenvalue weighted by atomic mass is 35.5. The van der Waals surface area contributed by atoms with E-state index in [2.05, 4.69) is 9.72 Å². The molecule has 1 aliphatic heterocycles. The van der Waals surface area contributed by atoms with E-state index in [1.165, 1.54) is 24.4 Å². The van der Waals surface area contributed by atoms with E-state index in [-0.39, 0.29) is 16.8 Å². The predicted octanol–water partition coefficient (Wildman–Crippen LogP) is 7.55. The average molecular weight is 486 g/mol. The largest absolute Gasteiger partial charge is 0.573 e. The molecule has 2 heterocycles. The number of benzene rings is 1. The average Bonchev–Trinajstić information content (AvgIpc) is 3.18. The number of alkyl halides is 3. The zero-order valence-corrected chi connectivity index (χ0v) is 19.2. The van der Waals surface area contributed by atoms with Crippen molar-refractivity contribution in [2.45, 2.75) is 81.6 Å².